The summed E-state index contributed by atoms with van der Waals surface area (Å²) in [6, 6.07) is 0. The molecule has 0 amide bonds. The van der Waals surface area contributed by atoms with Gasteiger partial charge in [0.05, 0.1) is 58.4 Å². The SMILES string of the molecule is C[C@@H]1[C@H]2[C@H](C[C@@H]3[C@@H]4CC[C@H]5Cc6nc7c(nc6C[C@]5(C)[C@H]4C[C@H](O)[C@]23C)C[C@@H]2CC[C@H]3[C@H]4C[C@@H]5O[C@@]6(CCC(C)(C)O6)[C@@H](C)[C@@H]5[C@@]4(C)[C@@H](O)C[C@@H]3[C@@]2(C)C7)O[C@@]12CCC(C)(C)O2. The molecular weight excluding hydrogens is 773 g/mol. The van der Waals surface area contributed by atoms with Crippen molar-refractivity contribution in [3.8, 4) is 0 Å². The van der Waals surface area contributed by atoms with Gasteiger partial charge < -0.3 is 29.2 Å². The van der Waals surface area contributed by atoms with Crippen LogP contribution in [0.5, 0.6) is 0 Å². The molecule has 1 aromatic heterocycles. The van der Waals surface area contributed by atoms with Crippen molar-refractivity contribution in [3.05, 3.63) is 22.8 Å². The molecule has 22 atom stereocenters. The lowest BCUT2D eigenvalue weighted by molar-refractivity contribution is -0.256. The van der Waals surface area contributed by atoms with Gasteiger partial charge in [-0.1, -0.05) is 41.5 Å². The second-order valence-electron chi connectivity index (χ2n) is 27.1. The maximum Gasteiger partial charge on any atom is 0.172 e. The van der Waals surface area contributed by atoms with Crippen molar-refractivity contribution >= 4 is 0 Å². The van der Waals surface area contributed by atoms with Crippen molar-refractivity contribution in [1.29, 1.82) is 0 Å². The van der Waals surface area contributed by atoms with Gasteiger partial charge in [-0.05, 0) is 176 Å². The predicted octanol–water partition coefficient (Wildman–Crippen LogP) is 9.43. The molecule has 10 fully saturated rings. The van der Waals surface area contributed by atoms with Crippen LogP contribution < -0.4 is 0 Å². The Morgan fingerprint density at radius 3 is 1.27 bits per heavy atom. The monoisotopic (exact) mass is 853 g/mol. The second kappa shape index (κ2) is 12.5. The minimum Gasteiger partial charge on any atom is -0.393 e. The van der Waals surface area contributed by atoms with Gasteiger partial charge in [-0.15, -0.1) is 0 Å². The Labute approximate surface area is 372 Å². The van der Waals surface area contributed by atoms with Crippen LogP contribution >= 0.6 is 0 Å². The third-order valence-corrected chi connectivity index (χ3v) is 23.9. The first-order valence-corrected chi connectivity index (χ1v) is 26.1. The van der Waals surface area contributed by atoms with E-state index >= 15 is 0 Å². The molecule has 5 heterocycles. The third-order valence-electron chi connectivity index (χ3n) is 23.9. The van der Waals surface area contributed by atoms with Crippen LogP contribution in [0.1, 0.15) is 169 Å². The third kappa shape index (κ3) is 4.98. The Bertz CT molecular complexity index is 1930. The molecule has 0 radical (unpaired) electrons. The number of nitrogens with zero attached hydrogens (tertiary/aromatic N) is 2. The molecule has 0 aromatic carbocycles. The summed E-state index contributed by atoms with van der Waals surface area (Å²) in [6.07, 6.45) is 16.8. The van der Waals surface area contributed by atoms with E-state index in [1.807, 2.05) is 0 Å². The van der Waals surface area contributed by atoms with Crippen LogP contribution in [0.25, 0.3) is 0 Å². The van der Waals surface area contributed by atoms with Gasteiger partial charge in [-0.2, -0.15) is 0 Å². The molecule has 12 aliphatic rings. The lowest BCUT2D eigenvalue weighted by atomic mass is 9.43. The van der Waals surface area contributed by atoms with Gasteiger partial charge in [0.25, 0.3) is 0 Å². The minimum atomic E-state index is -0.482. The summed E-state index contributed by atoms with van der Waals surface area (Å²) in [5.41, 5.74) is 4.79. The van der Waals surface area contributed by atoms with E-state index in [1.54, 1.807) is 0 Å². The average Bonchev–Trinajstić information content (AvgIpc) is 3.99. The highest BCUT2D eigenvalue weighted by molar-refractivity contribution is 5.32. The fourth-order valence-electron chi connectivity index (χ4n) is 20.8. The zero-order valence-corrected chi connectivity index (χ0v) is 40.0. The Balaban J connectivity index is 0.748. The van der Waals surface area contributed by atoms with Crippen molar-refractivity contribution < 1.29 is 29.2 Å². The molecule has 4 saturated heterocycles. The molecular formula is C54H80N2O6. The predicted molar refractivity (Wildman–Crippen MR) is 235 cm³/mol. The fraction of sp³-hybridized carbons (Fsp3) is 0.926. The smallest absolute Gasteiger partial charge is 0.172 e. The van der Waals surface area contributed by atoms with Crippen molar-refractivity contribution in [2.45, 2.75) is 219 Å². The van der Waals surface area contributed by atoms with Crippen molar-refractivity contribution in [2.75, 3.05) is 0 Å². The highest BCUT2D eigenvalue weighted by atomic mass is 16.7. The largest absolute Gasteiger partial charge is 0.393 e. The fourth-order valence-corrected chi connectivity index (χ4v) is 20.8. The molecule has 0 bridgehead atoms. The number of aliphatic hydroxyl groups is 2. The van der Waals surface area contributed by atoms with Gasteiger partial charge in [0.15, 0.2) is 11.6 Å². The van der Waals surface area contributed by atoms with Crippen molar-refractivity contribution in [2.24, 2.45) is 92.7 Å². The summed E-state index contributed by atoms with van der Waals surface area (Å²) in [7, 11) is 0. The lowest BCUT2D eigenvalue weighted by Gasteiger charge is -2.62. The Hall–Kier alpha value is -1.16. The summed E-state index contributed by atoms with van der Waals surface area (Å²) >= 11 is 0. The van der Waals surface area contributed by atoms with E-state index in [9.17, 15) is 10.2 Å². The summed E-state index contributed by atoms with van der Waals surface area (Å²) in [5.74, 6) is 4.69. The number of hydrogen-bond donors (Lipinski definition) is 2. The molecule has 2 N–H and O–H groups in total. The first kappa shape index (κ1) is 41.1. The summed E-state index contributed by atoms with van der Waals surface area (Å²) in [5, 5.41) is 25.0. The van der Waals surface area contributed by atoms with E-state index in [2.05, 4.69) is 69.2 Å². The standard InChI is InChI=1S/C54H80N2O6/c1-27-45-41(59-53(27)17-15-47(3,4)61-53)21-35-31-13-11-29-19-37-39(25-49(29,7)33(31)23-43(57)51(35,45)9)55-38-20-30-12-14-32-34(50(30,8)26-40(38)56-37)24-44(58)52(10)36(32)22-42-46(52)28(2)54(60-42)18-16-48(5,6)62-54/h27-36,41-46,57-58H,11-26H2,1-10H3/t27-,28+,29-,30-,31+,32+,33-,34-,35+,36+,41-,42-,43-,44-,45-,46-,49-,50-,51+,52+,53+,54+/m0/s1. The number of ether oxygens (including phenoxy) is 4. The Kier molecular flexibility index (Phi) is 8.27. The second-order valence-corrected chi connectivity index (χ2v) is 27.1. The molecule has 62 heavy (non-hydrogen) atoms. The number of rotatable bonds is 0. The van der Waals surface area contributed by atoms with Crippen molar-refractivity contribution in [3.63, 3.8) is 0 Å². The molecule has 8 nitrogen and oxygen atoms in total. The van der Waals surface area contributed by atoms with Crippen LogP contribution in [0.3, 0.4) is 0 Å². The molecule has 4 aliphatic heterocycles. The van der Waals surface area contributed by atoms with E-state index < -0.39 is 11.6 Å². The Morgan fingerprint density at radius 1 is 0.500 bits per heavy atom. The maximum atomic E-state index is 12.5. The van der Waals surface area contributed by atoms with E-state index in [0.29, 0.717) is 71.0 Å². The van der Waals surface area contributed by atoms with E-state index in [1.165, 1.54) is 48.5 Å². The summed E-state index contributed by atoms with van der Waals surface area (Å²) < 4.78 is 27.6. The molecule has 8 heteroatoms. The van der Waals surface area contributed by atoms with Gasteiger partial charge in [-0.3, -0.25) is 9.97 Å². The zero-order valence-electron chi connectivity index (χ0n) is 40.0. The van der Waals surface area contributed by atoms with Crippen molar-refractivity contribution in [1.82, 2.24) is 9.97 Å². The molecule has 342 valence electrons. The molecule has 2 spiro atoms. The number of aliphatic hydroxyl groups excluding tert-OH is 2. The molecule has 13 rings (SSSR count). The normalized spacial score (nSPS) is 59.3. The molecule has 8 aliphatic carbocycles. The minimum absolute atomic E-state index is 0.123. The lowest BCUT2D eigenvalue weighted by Crippen LogP contribution is -2.60. The summed E-state index contributed by atoms with van der Waals surface area (Å²) in [4.78, 5) is 11.4. The van der Waals surface area contributed by atoms with E-state index in [-0.39, 0.29) is 57.3 Å². The molecule has 0 unspecified atom stereocenters. The first-order chi connectivity index (χ1) is 29.1. The van der Waals surface area contributed by atoms with Crippen LogP contribution in [-0.4, -0.2) is 67.4 Å². The molecule has 1 aromatic rings. The highest BCUT2D eigenvalue weighted by Crippen LogP contribution is 2.74. The number of aromatic nitrogens is 2. The van der Waals surface area contributed by atoms with Crippen LogP contribution in [0.4, 0.5) is 0 Å². The summed E-state index contributed by atoms with van der Waals surface area (Å²) in [6.45, 7) is 23.7. The molecule has 6 saturated carbocycles. The van der Waals surface area contributed by atoms with Gasteiger partial charge in [0.2, 0.25) is 0 Å². The van der Waals surface area contributed by atoms with Gasteiger partial charge in [0.1, 0.15) is 0 Å². The quantitative estimate of drug-likeness (QED) is 0.266. The van der Waals surface area contributed by atoms with E-state index in [4.69, 9.17) is 28.9 Å². The maximum absolute atomic E-state index is 12.5. The zero-order chi connectivity index (χ0) is 43.1. The van der Waals surface area contributed by atoms with Gasteiger partial charge >= 0.3 is 0 Å². The number of fused-ring (bicyclic) bond motifs is 16. The van der Waals surface area contributed by atoms with Crippen LogP contribution in [0.2, 0.25) is 0 Å². The number of hydrogen-bond acceptors (Lipinski definition) is 8. The Morgan fingerprint density at radius 2 is 0.903 bits per heavy atom. The average molecular weight is 853 g/mol. The highest BCUT2D eigenvalue weighted by Gasteiger charge is 2.74. The van der Waals surface area contributed by atoms with Gasteiger partial charge in [0, 0.05) is 47.3 Å². The van der Waals surface area contributed by atoms with Crippen LogP contribution in [0.15, 0.2) is 0 Å². The first-order valence-electron chi connectivity index (χ1n) is 26.1. The van der Waals surface area contributed by atoms with Crippen LogP contribution in [0, 0.1) is 92.7 Å². The van der Waals surface area contributed by atoms with E-state index in [0.717, 1.165) is 77.0 Å². The topological polar surface area (TPSA) is 103 Å². The van der Waals surface area contributed by atoms with Gasteiger partial charge in [-0.25, -0.2) is 0 Å². The van der Waals surface area contributed by atoms with Crippen LogP contribution in [-0.2, 0) is 44.6 Å².